The van der Waals surface area contributed by atoms with Crippen molar-refractivity contribution in [1.29, 1.82) is 0 Å². The van der Waals surface area contributed by atoms with Crippen LogP contribution >= 0.6 is 0 Å². The molecule has 0 bridgehead atoms. The van der Waals surface area contributed by atoms with Crippen molar-refractivity contribution in [2.24, 2.45) is 0 Å². The standard InChI is InChI=1S/C16H31NO3/c1-4-19-15(18)16(2,17-3)12-9-13-20-14-10-7-5-6-8-11-14/h14,17H,4-13H2,1-3H3. The molecule has 0 aromatic heterocycles. The molecule has 20 heavy (non-hydrogen) atoms. The highest BCUT2D eigenvalue weighted by Gasteiger charge is 2.32. The Morgan fingerprint density at radius 2 is 1.90 bits per heavy atom. The summed E-state index contributed by atoms with van der Waals surface area (Å²) in [5, 5.41) is 3.08. The maximum Gasteiger partial charge on any atom is 0.326 e. The van der Waals surface area contributed by atoms with Crippen LogP contribution in [0.4, 0.5) is 0 Å². The molecule has 1 fully saturated rings. The van der Waals surface area contributed by atoms with E-state index in [1.54, 1.807) is 0 Å². The van der Waals surface area contributed by atoms with E-state index in [2.05, 4.69) is 5.32 Å². The number of esters is 1. The van der Waals surface area contributed by atoms with Gasteiger partial charge in [-0.05, 0) is 46.6 Å². The number of hydrogen-bond donors (Lipinski definition) is 1. The van der Waals surface area contributed by atoms with Crippen LogP contribution in [0, 0.1) is 0 Å². The molecule has 1 N–H and O–H groups in total. The summed E-state index contributed by atoms with van der Waals surface area (Å²) in [7, 11) is 1.81. The van der Waals surface area contributed by atoms with E-state index in [4.69, 9.17) is 9.47 Å². The van der Waals surface area contributed by atoms with Crippen molar-refractivity contribution in [3.63, 3.8) is 0 Å². The molecule has 118 valence electrons. The molecule has 4 nitrogen and oxygen atoms in total. The summed E-state index contributed by atoms with van der Waals surface area (Å²) in [6.07, 6.45) is 9.73. The average molecular weight is 285 g/mol. The monoisotopic (exact) mass is 285 g/mol. The zero-order valence-electron chi connectivity index (χ0n) is 13.4. The summed E-state index contributed by atoms with van der Waals surface area (Å²) >= 11 is 0. The van der Waals surface area contributed by atoms with E-state index in [-0.39, 0.29) is 5.97 Å². The quantitative estimate of drug-likeness (QED) is 0.423. The SMILES string of the molecule is CCOC(=O)C(C)(CCCOC1CCCCCC1)NC. The first-order valence-electron chi connectivity index (χ1n) is 8.10. The number of nitrogens with one attached hydrogen (secondary N) is 1. The third kappa shape index (κ3) is 5.80. The first-order chi connectivity index (χ1) is 9.62. The van der Waals surface area contributed by atoms with Crippen LogP contribution in [0.25, 0.3) is 0 Å². The van der Waals surface area contributed by atoms with Gasteiger partial charge in [0.2, 0.25) is 0 Å². The third-order valence-corrected chi connectivity index (χ3v) is 4.25. The first kappa shape index (κ1) is 17.4. The molecule has 1 aliphatic rings. The lowest BCUT2D eigenvalue weighted by atomic mass is 9.96. The molecule has 0 amide bonds. The van der Waals surface area contributed by atoms with Crippen molar-refractivity contribution in [1.82, 2.24) is 5.32 Å². The summed E-state index contributed by atoms with van der Waals surface area (Å²) in [6.45, 7) is 4.90. The molecule has 1 aliphatic carbocycles. The second-order valence-electron chi connectivity index (χ2n) is 5.89. The van der Waals surface area contributed by atoms with Crippen LogP contribution in [-0.4, -0.2) is 37.9 Å². The van der Waals surface area contributed by atoms with E-state index >= 15 is 0 Å². The highest BCUT2D eigenvalue weighted by atomic mass is 16.5. The smallest absolute Gasteiger partial charge is 0.326 e. The Kier molecular flexibility index (Phi) is 8.15. The predicted octanol–water partition coefficient (Wildman–Crippen LogP) is 3.05. The molecule has 1 saturated carbocycles. The van der Waals surface area contributed by atoms with E-state index in [0.717, 1.165) is 19.4 Å². The molecule has 0 aromatic rings. The van der Waals surface area contributed by atoms with Crippen LogP contribution in [0.1, 0.15) is 65.2 Å². The largest absolute Gasteiger partial charge is 0.465 e. The highest BCUT2D eigenvalue weighted by Crippen LogP contribution is 2.21. The second kappa shape index (κ2) is 9.35. The van der Waals surface area contributed by atoms with Gasteiger partial charge in [-0.15, -0.1) is 0 Å². The number of hydrogen-bond acceptors (Lipinski definition) is 4. The van der Waals surface area contributed by atoms with Gasteiger partial charge >= 0.3 is 5.97 Å². The lowest BCUT2D eigenvalue weighted by Crippen LogP contribution is -2.48. The zero-order valence-corrected chi connectivity index (χ0v) is 13.4. The molecule has 0 saturated heterocycles. The van der Waals surface area contributed by atoms with Gasteiger partial charge in [0.25, 0.3) is 0 Å². The molecular weight excluding hydrogens is 254 g/mol. The van der Waals surface area contributed by atoms with Gasteiger partial charge in [0.15, 0.2) is 0 Å². The molecule has 0 radical (unpaired) electrons. The Bertz CT molecular complexity index is 275. The van der Waals surface area contributed by atoms with Gasteiger partial charge in [0, 0.05) is 6.61 Å². The summed E-state index contributed by atoms with van der Waals surface area (Å²) in [5.74, 6) is -0.169. The van der Waals surface area contributed by atoms with Crippen LogP contribution in [0.15, 0.2) is 0 Å². The lowest BCUT2D eigenvalue weighted by Gasteiger charge is -2.27. The normalized spacial score (nSPS) is 20.1. The first-order valence-corrected chi connectivity index (χ1v) is 8.10. The summed E-state index contributed by atoms with van der Waals surface area (Å²) in [6, 6.07) is 0. The minimum atomic E-state index is -0.594. The van der Waals surface area contributed by atoms with Gasteiger partial charge in [-0.25, -0.2) is 0 Å². The molecule has 0 heterocycles. The molecule has 1 rings (SSSR count). The topological polar surface area (TPSA) is 47.6 Å². The number of carbonyl (C=O) groups is 1. The number of likely N-dealkylation sites (N-methyl/N-ethyl adjacent to an activating group) is 1. The Morgan fingerprint density at radius 1 is 1.25 bits per heavy atom. The average Bonchev–Trinajstić information content (AvgIpc) is 2.72. The van der Waals surface area contributed by atoms with Gasteiger partial charge in [-0.1, -0.05) is 25.7 Å². The number of rotatable bonds is 8. The van der Waals surface area contributed by atoms with E-state index in [9.17, 15) is 4.79 Å². The van der Waals surface area contributed by atoms with Gasteiger partial charge in [0.05, 0.1) is 12.7 Å². The van der Waals surface area contributed by atoms with Crippen LogP contribution in [0.2, 0.25) is 0 Å². The minimum absolute atomic E-state index is 0.169. The van der Waals surface area contributed by atoms with Crippen molar-refractivity contribution in [2.45, 2.75) is 76.9 Å². The fourth-order valence-electron chi connectivity index (χ4n) is 2.70. The Hall–Kier alpha value is -0.610. The van der Waals surface area contributed by atoms with Crippen LogP contribution < -0.4 is 5.32 Å². The third-order valence-electron chi connectivity index (χ3n) is 4.25. The van der Waals surface area contributed by atoms with Crippen LogP contribution in [-0.2, 0) is 14.3 Å². The summed E-state index contributed by atoms with van der Waals surface area (Å²) in [4.78, 5) is 11.9. The summed E-state index contributed by atoms with van der Waals surface area (Å²) in [5.41, 5.74) is -0.594. The van der Waals surface area contributed by atoms with E-state index in [1.165, 1.54) is 38.5 Å². The van der Waals surface area contributed by atoms with E-state index in [1.807, 2.05) is 20.9 Å². The van der Waals surface area contributed by atoms with Gasteiger partial charge in [0.1, 0.15) is 5.54 Å². The lowest BCUT2D eigenvalue weighted by molar-refractivity contribution is -0.150. The van der Waals surface area contributed by atoms with Gasteiger partial charge in [-0.3, -0.25) is 4.79 Å². The number of ether oxygens (including phenoxy) is 2. The number of carbonyl (C=O) groups excluding carboxylic acids is 1. The molecule has 0 aromatic carbocycles. The molecule has 4 heteroatoms. The van der Waals surface area contributed by atoms with Crippen molar-refractivity contribution in [3.8, 4) is 0 Å². The van der Waals surface area contributed by atoms with Crippen molar-refractivity contribution in [3.05, 3.63) is 0 Å². The molecular formula is C16H31NO3. The fourth-order valence-corrected chi connectivity index (χ4v) is 2.70. The van der Waals surface area contributed by atoms with Crippen molar-refractivity contribution >= 4 is 5.97 Å². The van der Waals surface area contributed by atoms with E-state index in [0.29, 0.717) is 12.7 Å². The van der Waals surface area contributed by atoms with Crippen LogP contribution in [0.5, 0.6) is 0 Å². The highest BCUT2D eigenvalue weighted by molar-refractivity contribution is 5.80. The second-order valence-corrected chi connectivity index (χ2v) is 5.89. The Balaban J connectivity index is 2.25. The summed E-state index contributed by atoms with van der Waals surface area (Å²) < 4.78 is 11.1. The molecule has 0 aliphatic heterocycles. The van der Waals surface area contributed by atoms with Crippen molar-refractivity contribution < 1.29 is 14.3 Å². The predicted molar refractivity (Wildman–Crippen MR) is 80.8 cm³/mol. The maximum atomic E-state index is 11.9. The van der Waals surface area contributed by atoms with Crippen molar-refractivity contribution in [2.75, 3.05) is 20.3 Å². The fraction of sp³-hybridized carbons (Fsp3) is 0.938. The van der Waals surface area contributed by atoms with Gasteiger partial charge in [-0.2, -0.15) is 0 Å². The Labute approximate surface area is 123 Å². The van der Waals surface area contributed by atoms with E-state index < -0.39 is 5.54 Å². The molecule has 0 spiro atoms. The minimum Gasteiger partial charge on any atom is -0.465 e. The Morgan fingerprint density at radius 3 is 2.45 bits per heavy atom. The molecule has 1 atom stereocenters. The maximum absolute atomic E-state index is 11.9. The molecule has 1 unspecified atom stereocenters. The zero-order chi connectivity index (χ0) is 14.8. The van der Waals surface area contributed by atoms with Crippen LogP contribution in [0.3, 0.4) is 0 Å². The van der Waals surface area contributed by atoms with Gasteiger partial charge < -0.3 is 14.8 Å².